The molecule has 0 unspecified atom stereocenters. The van der Waals surface area contributed by atoms with Crippen LogP contribution in [0.5, 0.6) is 0 Å². The molecule has 2 atom stereocenters. The summed E-state index contributed by atoms with van der Waals surface area (Å²) in [7, 11) is 1.87. The number of hydrogen-bond acceptors (Lipinski definition) is 6. The van der Waals surface area contributed by atoms with E-state index >= 15 is 0 Å². The average molecular weight is 275 g/mol. The molecule has 1 saturated heterocycles. The molecule has 1 aliphatic rings. The van der Waals surface area contributed by atoms with Crippen LogP contribution in [0.1, 0.15) is 50.4 Å². The van der Waals surface area contributed by atoms with E-state index in [2.05, 4.69) is 10.2 Å². The Morgan fingerprint density at radius 3 is 2.58 bits per heavy atom. The standard InChI is InChI=1S/C12H19N3O3.Na/c1-7(2)10-13-14-11(18-10)9-5-4-8(12(16)17)6-15(9)3;/h7-9H,4-6H2,1-3H3,(H,16,17);/q;+1/p-1/t8-,9+;/m0./s1. The van der Waals surface area contributed by atoms with Crippen LogP contribution in [0.15, 0.2) is 4.42 Å². The van der Waals surface area contributed by atoms with Crippen LogP contribution in [0.2, 0.25) is 0 Å². The summed E-state index contributed by atoms with van der Waals surface area (Å²) in [6, 6.07) is 0.0144. The zero-order chi connectivity index (χ0) is 13.3. The van der Waals surface area contributed by atoms with E-state index in [0.717, 1.165) is 0 Å². The van der Waals surface area contributed by atoms with Gasteiger partial charge in [-0.15, -0.1) is 10.2 Å². The van der Waals surface area contributed by atoms with Crippen LogP contribution < -0.4 is 34.7 Å². The number of rotatable bonds is 3. The zero-order valence-electron chi connectivity index (χ0n) is 11.9. The number of piperidine rings is 1. The van der Waals surface area contributed by atoms with Gasteiger partial charge in [0.05, 0.1) is 6.04 Å². The van der Waals surface area contributed by atoms with Gasteiger partial charge in [0, 0.05) is 24.3 Å². The van der Waals surface area contributed by atoms with Gasteiger partial charge >= 0.3 is 29.6 Å². The average Bonchev–Trinajstić information content (AvgIpc) is 2.78. The van der Waals surface area contributed by atoms with E-state index < -0.39 is 11.9 Å². The number of carbonyl (C=O) groups is 1. The first-order chi connectivity index (χ1) is 8.49. The molecule has 100 valence electrons. The SMILES string of the molecule is CC(C)c1nnc([C@H]2CC[C@H](C(=O)[O-])CN2C)o1.[Na+]. The van der Waals surface area contributed by atoms with Gasteiger partial charge < -0.3 is 14.3 Å². The van der Waals surface area contributed by atoms with Crippen molar-refractivity contribution in [3.05, 3.63) is 11.8 Å². The minimum atomic E-state index is -0.978. The van der Waals surface area contributed by atoms with Crippen molar-refractivity contribution in [1.29, 1.82) is 0 Å². The molecular formula is C12H18N3NaO3. The topological polar surface area (TPSA) is 82.3 Å². The fourth-order valence-electron chi connectivity index (χ4n) is 2.26. The van der Waals surface area contributed by atoms with Crippen molar-refractivity contribution >= 4 is 5.97 Å². The van der Waals surface area contributed by atoms with E-state index in [-0.39, 0.29) is 41.5 Å². The Morgan fingerprint density at radius 1 is 1.42 bits per heavy atom. The van der Waals surface area contributed by atoms with Crippen molar-refractivity contribution in [2.24, 2.45) is 5.92 Å². The van der Waals surface area contributed by atoms with Crippen LogP contribution in [-0.4, -0.2) is 34.7 Å². The van der Waals surface area contributed by atoms with Gasteiger partial charge in [0.25, 0.3) is 0 Å². The molecule has 1 fully saturated rings. The van der Waals surface area contributed by atoms with Crippen molar-refractivity contribution in [1.82, 2.24) is 15.1 Å². The molecule has 0 bridgehead atoms. The smallest absolute Gasteiger partial charge is 0.550 e. The maximum atomic E-state index is 10.8. The van der Waals surface area contributed by atoms with Crippen molar-refractivity contribution in [3.8, 4) is 0 Å². The second-order valence-electron chi connectivity index (χ2n) is 5.18. The van der Waals surface area contributed by atoms with Gasteiger partial charge in [-0.3, -0.25) is 4.90 Å². The molecule has 0 saturated carbocycles. The predicted molar refractivity (Wildman–Crippen MR) is 61.5 cm³/mol. The van der Waals surface area contributed by atoms with E-state index in [0.29, 0.717) is 31.2 Å². The third-order valence-corrected chi connectivity index (χ3v) is 3.40. The molecule has 2 rings (SSSR count). The van der Waals surface area contributed by atoms with Crippen molar-refractivity contribution in [2.75, 3.05) is 13.6 Å². The Kier molecular flexibility index (Phi) is 5.98. The number of carboxylic acids is 1. The second-order valence-corrected chi connectivity index (χ2v) is 5.18. The van der Waals surface area contributed by atoms with Gasteiger partial charge in [-0.25, -0.2) is 0 Å². The van der Waals surface area contributed by atoms with E-state index in [1.807, 2.05) is 25.8 Å². The Morgan fingerprint density at radius 2 is 2.11 bits per heavy atom. The summed E-state index contributed by atoms with van der Waals surface area (Å²) in [6.07, 6.45) is 1.30. The quantitative estimate of drug-likeness (QED) is 0.560. The van der Waals surface area contributed by atoms with Gasteiger partial charge in [0.1, 0.15) is 0 Å². The van der Waals surface area contributed by atoms with E-state index in [4.69, 9.17) is 4.42 Å². The Labute approximate surface area is 134 Å². The largest absolute Gasteiger partial charge is 1.00 e. The Hall–Kier alpha value is -0.430. The molecule has 0 radical (unpaired) electrons. The van der Waals surface area contributed by atoms with E-state index in [9.17, 15) is 9.90 Å². The third-order valence-electron chi connectivity index (χ3n) is 3.40. The van der Waals surface area contributed by atoms with Crippen LogP contribution >= 0.6 is 0 Å². The number of aromatic nitrogens is 2. The molecule has 1 aromatic rings. The molecule has 1 aromatic heterocycles. The van der Waals surface area contributed by atoms with Gasteiger partial charge in [-0.05, 0) is 19.9 Å². The molecule has 0 amide bonds. The summed E-state index contributed by atoms with van der Waals surface area (Å²) in [5.74, 6) is 0.0296. The van der Waals surface area contributed by atoms with E-state index in [1.54, 1.807) is 0 Å². The van der Waals surface area contributed by atoms with Gasteiger partial charge in [0.2, 0.25) is 11.8 Å². The summed E-state index contributed by atoms with van der Waals surface area (Å²) in [5.41, 5.74) is 0. The van der Waals surface area contributed by atoms with Gasteiger partial charge in [-0.2, -0.15) is 0 Å². The first-order valence-corrected chi connectivity index (χ1v) is 6.23. The first kappa shape index (κ1) is 16.6. The normalized spacial score (nSPS) is 24.2. The third kappa shape index (κ3) is 3.78. The summed E-state index contributed by atoms with van der Waals surface area (Å²) >= 11 is 0. The zero-order valence-corrected chi connectivity index (χ0v) is 13.9. The fourth-order valence-corrected chi connectivity index (χ4v) is 2.26. The minimum absolute atomic E-state index is 0. The predicted octanol–water partition coefficient (Wildman–Crippen LogP) is -2.67. The molecule has 1 aliphatic heterocycles. The van der Waals surface area contributed by atoms with Crippen LogP contribution in [-0.2, 0) is 4.79 Å². The van der Waals surface area contributed by atoms with Crippen LogP contribution in [0.3, 0.4) is 0 Å². The fraction of sp³-hybridized carbons (Fsp3) is 0.750. The first-order valence-electron chi connectivity index (χ1n) is 6.23. The summed E-state index contributed by atoms with van der Waals surface area (Å²) in [4.78, 5) is 12.8. The number of likely N-dealkylation sites (tertiary alicyclic amines) is 1. The number of carboxylic acid groups (broad SMARTS) is 1. The Bertz CT molecular complexity index is 436. The number of nitrogens with zero attached hydrogens (tertiary/aromatic N) is 3. The minimum Gasteiger partial charge on any atom is -0.550 e. The summed E-state index contributed by atoms with van der Waals surface area (Å²) < 4.78 is 5.62. The maximum absolute atomic E-state index is 10.8. The van der Waals surface area contributed by atoms with Crippen LogP contribution in [0.25, 0.3) is 0 Å². The molecule has 0 aliphatic carbocycles. The number of aliphatic carboxylic acids is 1. The van der Waals surface area contributed by atoms with Gasteiger partial charge in [-0.1, -0.05) is 13.8 Å². The number of carbonyl (C=O) groups excluding carboxylic acids is 1. The van der Waals surface area contributed by atoms with Crippen LogP contribution in [0.4, 0.5) is 0 Å². The molecular weight excluding hydrogens is 257 g/mol. The molecule has 6 nitrogen and oxygen atoms in total. The molecule has 0 N–H and O–H groups in total. The second kappa shape index (κ2) is 6.83. The molecule has 7 heteroatoms. The van der Waals surface area contributed by atoms with Crippen LogP contribution in [0, 0.1) is 5.92 Å². The summed E-state index contributed by atoms with van der Waals surface area (Å²) in [5, 5.41) is 18.9. The summed E-state index contributed by atoms with van der Waals surface area (Å²) in [6.45, 7) is 4.45. The molecule has 0 aromatic carbocycles. The van der Waals surface area contributed by atoms with Crippen molar-refractivity contribution in [2.45, 2.75) is 38.6 Å². The molecule has 19 heavy (non-hydrogen) atoms. The monoisotopic (exact) mass is 275 g/mol. The van der Waals surface area contributed by atoms with E-state index in [1.165, 1.54) is 0 Å². The number of hydrogen-bond donors (Lipinski definition) is 0. The van der Waals surface area contributed by atoms with Crippen molar-refractivity contribution < 1.29 is 43.9 Å². The molecule has 0 spiro atoms. The maximum Gasteiger partial charge on any atom is 1.00 e. The van der Waals surface area contributed by atoms with Crippen molar-refractivity contribution in [3.63, 3.8) is 0 Å². The van der Waals surface area contributed by atoms with Gasteiger partial charge in [0.15, 0.2) is 0 Å². The Balaban J connectivity index is 0.00000180. The molecule has 2 heterocycles.